The van der Waals surface area contributed by atoms with Crippen molar-refractivity contribution in [3.8, 4) is 0 Å². The summed E-state index contributed by atoms with van der Waals surface area (Å²) in [7, 11) is 1.99. The number of halogens is 2. The van der Waals surface area contributed by atoms with Gasteiger partial charge in [0.15, 0.2) is 11.6 Å². The Bertz CT molecular complexity index is 533. The molecule has 0 spiro atoms. The van der Waals surface area contributed by atoms with Crippen LogP contribution in [0.5, 0.6) is 0 Å². The van der Waals surface area contributed by atoms with E-state index in [2.05, 4.69) is 15.2 Å². The van der Waals surface area contributed by atoms with Gasteiger partial charge in [-0.15, -0.1) is 0 Å². The minimum absolute atomic E-state index is 0.228. The van der Waals surface area contributed by atoms with Gasteiger partial charge in [-0.3, -0.25) is 0 Å². The van der Waals surface area contributed by atoms with Crippen LogP contribution in [0.25, 0.3) is 0 Å². The number of nitrogens with one attached hydrogen (secondary N) is 1. The number of nitrogens with zero attached hydrogens (tertiary/aromatic N) is 2. The standard InChI is InChI=1S/C14H15ClFN3/c1-19(12-5-3-2-4-6-12)8-7-17-14-13(16)9-11(15)10-18-14/h2-6,9-10H,7-8H2,1H3,(H,17,18). The van der Waals surface area contributed by atoms with E-state index in [9.17, 15) is 4.39 Å². The highest BCUT2D eigenvalue weighted by molar-refractivity contribution is 6.30. The Morgan fingerprint density at radius 2 is 2.05 bits per heavy atom. The van der Waals surface area contributed by atoms with Crippen LogP contribution in [0, 0.1) is 5.82 Å². The maximum absolute atomic E-state index is 13.5. The van der Waals surface area contributed by atoms with Crippen molar-refractivity contribution in [2.24, 2.45) is 0 Å². The summed E-state index contributed by atoms with van der Waals surface area (Å²) in [6.07, 6.45) is 1.42. The first-order valence-corrected chi connectivity index (χ1v) is 6.36. The lowest BCUT2D eigenvalue weighted by molar-refractivity contribution is 0.624. The molecule has 0 aliphatic heterocycles. The first kappa shape index (κ1) is 13.6. The zero-order valence-electron chi connectivity index (χ0n) is 10.6. The summed E-state index contributed by atoms with van der Waals surface area (Å²) in [4.78, 5) is 5.99. The van der Waals surface area contributed by atoms with Gasteiger partial charge in [0.05, 0.1) is 5.02 Å². The van der Waals surface area contributed by atoms with Gasteiger partial charge in [0.1, 0.15) is 0 Å². The van der Waals surface area contributed by atoms with Gasteiger partial charge in [-0.05, 0) is 18.2 Å². The minimum atomic E-state index is -0.435. The van der Waals surface area contributed by atoms with E-state index in [4.69, 9.17) is 11.6 Å². The van der Waals surface area contributed by atoms with E-state index in [1.165, 1.54) is 12.3 Å². The molecular formula is C14H15ClFN3. The Labute approximate surface area is 117 Å². The molecule has 5 heteroatoms. The van der Waals surface area contributed by atoms with Crippen molar-refractivity contribution in [3.63, 3.8) is 0 Å². The van der Waals surface area contributed by atoms with Crippen molar-refractivity contribution < 1.29 is 4.39 Å². The van der Waals surface area contributed by atoms with Crippen molar-refractivity contribution in [2.45, 2.75) is 0 Å². The maximum atomic E-state index is 13.5. The summed E-state index contributed by atoms with van der Waals surface area (Å²) in [6.45, 7) is 1.34. The quantitative estimate of drug-likeness (QED) is 0.909. The summed E-state index contributed by atoms with van der Waals surface area (Å²) in [6, 6.07) is 11.3. The largest absolute Gasteiger partial charge is 0.373 e. The van der Waals surface area contributed by atoms with Gasteiger partial charge in [-0.25, -0.2) is 9.37 Å². The van der Waals surface area contributed by atoms with Crippen molar-refractivity contribution >= 4 is 23.1 Å². The molecule has 0 aliphatic carbocycles. The molecule has 0 radical (unpaired) electrons. The Morgan fingerprint density at radius 1 is 1.32 bits per heavy atom. The van der Waals surface area contributed by atoms with Gasteiger partial charge in [0, 0.05) is 32.0 Å². The number of para-hydroxylation sites is 1. The van der Waals surface area contributed by atoms with Crippen molar-refractivity contribution in [1.82, 2.24) is 4.98 Å². The van der Waals surface area contributed by atoms with E-state index in [0.717, 1.165) is 12.2 Å². The minimum Gasteiger partial charge on any atom is -0.373 e. The summed E-state index contributed by atoms with van der Waals surface area (Å²) < 4.78 is 13.5. The van der Waals surface area contributed by atoms with E-state index in [1.807, 2.05) is 37.4 Å². The average molecular weight is 280 g/mol. The third-order valence-electron chi connectivity index (χ3n) is 2.74. The predicted molar refractivity (Wildman–Crippen MR) is 77.4 cm³/mol. The summed E-state index contributed by atoms with van der Waals surface area (Å²) in [5.41, 5.74) is 1.12. The number of likely N-dealkylation sites (N-methyl/N-ethyl adjacent to an activating group) is 1. The third kappa shape index (κ3) is 3.83. The zero-order chi connectivity index (χ0) is 13.7. The van der Waals surface area contributed by atoms with Crippen LogP contribution in [0.2, 0.25) is 5.02 Å². The van der Waals surface area contributed by atoms with Crippen molar-refractivity contribution in [2.75, 3.05) is 30.4 Å². The van der Waals surface area contributed by atoms with Crippen LogP contribution in [0.15, 0.2) is 42.6 Å². The Kier molecular flexibility index (Phi) is 4.58. The molecule has 1 heterocycles. The molecule has 0 unspecified atom stereocenters. The second-order valence-electron chi connectivity index (χ2n) is 4.17. The smallest absolute Gasteiger partial charge is 0.166 e. The molecule has 1 aromatic carbocycles. The van der Waals surface area contributed by atoms with Gasteiger partial charge in [0.25, 0.3) is 0 Å². The molecule has 1 N–H and O–H groups in total. The molecule has 100 valence electrons. The van der Waals surface area contributed by atoms with Crippen LogP contribution in [0.1, 0.15) is 0 Å². The number of hydrogen-bond donors (Lipinski definition) is 1. The van der Waals surface area contributed by atoms with Crippen LogP contribution in [0.4, 0.5) is 15.9 Å². The molecule has 2 aromatic rings. The maximum Gasteiger partial charge on any atom is 0.166 e. The van der Waals surface area contributed by atoms with Gasteiger partial charge in [0.2, 0.25) is 0 Å². The van der Waals surface area contributed by atoms with E-state index in [1.54, 1.807) is 0 Å². The first-order valence-electron chi connectivity index (χ1n) is 5.98. The van der Waals surface area contributed by atoms with Crippen molar-refractivity contribution in [3.05, 3.63) is 53.4 Å². The summed E-state index contributed by atoms with van der Waals surface area (Å²) in [5.74, 6) is -0.208. The molecule has 0 saturated heterocycles. The number of anilines is 2. The Morgan fingerprint density at radius 3 is 2.74 bits per heavy atom. The topological polar surface area (TPSA) is 28.2 Å². The lowest BCUT2D eigenvalue weighted by Gasteiger charge is -2.19. The molecule has 0 atom stereocenters. The van der Waals surface area contributed by atoms with Gasteiger partial charge >= 0.3 is 0 Å². The van der Waals surface area contributed by atoms with Crippen LogP contribution < -0.4 is 10.2 Å². The van der Waals surface area contributed by atoms with E-state index < -0.39 is 5.82 Å². The molecule has 1 aromatic heterocycles. The molecule has 0 fully saturated rings. The molecule has 0 aliphatic rings. The average Bonchev–Trinajstić information content (AvgIpc) is 2.42. The zero-order valence-corrected chi connectivity index (χ0v) is 11.4. The number of aromatic nitrogens is 1. The van der Waals surface area contributed by atoms with Crippen LogP contribution in [-0.2, 0) is 0 Å². The molecule has 2 rings (SSSR count). The number of benzene rings is 1. The fourth-order valence-electron chi connectivity index (χ4n) is 1.70. The Balaban J connectivity index is 1.86. The van der Waals surface area contributed by atoms with Gasteiger partial charge in [-0.2, -0.15) is 0 Å². The highest BCUT2D eigenvalue weighted by atomic mass is 35.5. The van der Waals surface area contributed by atoms with E-state index >= 15 is 0 Å². The molecular weight excluding hydrogens is 265 g/mol. The van der Waals surface area contributed by atoms with Crippen LogP contribution in [-0.4, -0.2) is 25.1 Å². The van der Waals surface area contributed by atoms with E-state index in [-0.39, 0.29) is 5.82 Å². The molecule has 19 heavy (non-hydrogen) atoms. The highest BCUT2D eigenvalue weighted by Crippen LogP contribution is 2.15. The summed E-state index contributed by atoms with van der Waals surface area (Å²) >= 11 is 5.64. The van der Waals surface area contributed by atoms with Crippen LogP contribution in [0.3, 0.4) is 0 Å². The fraction of sp³-hybridized carbons (Fsp3) is 0.214. The Hall–Kier alpha value is -1.81. The number of rotatable bonds is 5. The second-order valence-corrected chi connectivity index (χ2v) is 4.60. The molecule has 3 nitrogen and oxygen atoms in total. The highest BCUT2D eigenvalue weighted by Gasteiger charge is 2.04. The second kappa shape index (κ2) is 6.38. The molecule has 0 bridgehead atoms. The third-order valence-corrected chi connectivity index (χ3v) is 2.95. The number of pyridine rings is 1. The lowest BCUT2D eigenvalue weighted by atomic mass is 10.3. The van der Waals surface area contributed by atoms with Gasteiger partial charge < -0.3 is 10.2 Å². The monoisotopic (exact) mass is 279 g/mol. The molecule has 0 saturated carbocycles. The predicted octanol–water partition coefficient (Wildman–Crippen LogP) is 3.42. The lowest BCUT2D eigenvalue weighted by Crippen LogP contribution is -2.25. The van der Waals surface area contributed by atoms with Crippen LogP contribution >= 0.6 is 11.6 Å². The fourth-order valence-corrected chi connectivity index (χ4v) is 1.84. The summed E-state index contributed by atoms with van der Waals surface area (Å²) in [5, 5.41) is 3.25. The SMILES string of the molecule is CN(CCNc1ncc(Cl)cc1F)c1ccccc1. The van der Waals surface area contributed by atoms with E-state index in [0.29, 0.717) is 11.6 Å². The van der Waals surface area contributed by atoms with Crippen molar-refractivity contribution in [1.29, 1.82) is 0 Å². The first-order chi connectivity index (χ1) is 9.16. The molecule has 0 amide bonds. The normalized spacial score (nSPS) is 10.3. The number of hydrogen-bond acceptors (Lipinski definition) is 3. The van der Waals surface area contributed by atoms with Gasteiger partial charge in [-0.1, -0.05) is 29.8 Å².